The molecule has 0 amide bonds. The number of benzene rings is 3. The third-order valence-corrected chi connectivity index (χ3v) is 7.63. The lowest BCUT2D eigenvalue weighted by Gasteiger charge is -2.27. The Bertz CT molecular complexity index is 1800. The first-order valence-corrected chi connectivity index (χ1v) is 13.2. The summed E-state index contributed by atoms with van der Waals surface area (Å²) in [4.78, 5) is 32.6. The van der Waals surface area contributed by atoms with Gasteiger partial charge in [-0.3, -0.25) is 9.36 Å². The highest BCUT2D eigenvalue weighted by Gasteiger charge is 2.36. The van der Waals surface area contributed by atoms with E-state index in [1.807, 2.05) is 42.5 Å². The van der Waals surface area contributed by atoms with E-state index in [4.69, 9.17) is 18.9 Å². The van der Waals surface area contributed by atoms with E-state index in [0.717, 1.165) is 16.3 Å². The fourth-order valence-electron chi connectivity index (χ4n) is 4.89. The molecule has 9 heteroatoms. The summed E-state index contributed by atoms with van der Waals surface area (Å²) in [6.45, 7) is 3.71. The summed E-state index contributed by atoms with van der Waals surface area (Å²) in [5.74, 6) is 1.18. The Morgan fingerprint density at radius 3 is 2.44 bits per heavy atom. The number of thiazole rings is 1. The summed E-state index contributed by atoms with van der Waals surface area (Å²) in [6, 6.07) is 16.3. The maximum absolute atomic E-state index is 14.1. The van der Waals surface area contributed by atoms with E-state index in [9.17, 15) is 9.59 Å². The lowest BCUT2D eigenvalue weighted by atomic mass is 9.90. The minimum Gasteiger partial charge on any atom is -0.496 e. The SMILES string of the molecule is CCOC(=O)C1=C(C)N=c2s/c(=C\c3ccc(OC)c(OC)c3)c(=O)n2[C@@H]1c1c(OC)ccc2ccccc12. The largest absolute Gasteiger partial charge is 0.496 e. The molecule has 1 aromatic heterocycles. The van der Waals surface area contributed by atoms with Crippen LogP contribution in [0.2, 0.25) is 0 Å². The zero-order valence-electron chi connectivity index (χ0n) is 22.3. The number of hydrogen-bond acceptors (Lipinski definition) is 8. The molecule has 0 radical (unpaired) electrons. The van der Waals surface area contributed by atoms with Crippen molar-refractivity contribution >= 4 is 34.2 Å². The molecule has 0 aliphatic carbocycles. The predicted molar refractivity (Wildman–Crippen MR) is 150 cm³/mol. The molecule has 39 heavy (non-hydrogen) atoms. The predicted octanol–water partition coefficient (Wildman–Crippen LogP) is 3.98. The molecule has 0 saturated heterocycles. The standard InChI is InChI=1S/C30H28N2O6S/c1-6-38-29(34)25-17(2)31-30-32(27(25)26-20-10-8-7-9-19(20)12-14-22(26)36-4)28(33)24(39-30)16-18-11-13-21(35-3)23(15-18)37-5/h7-16,27H,6H2,1-5H3/b24-16-/t27-/m0/s1. The van der Waals surface area contributed by atoms with Gasteiger partial charge in [0, 0.05) is 5.56 Å². The normalized spacial score (nSPS) is 15.1. The van der Waals surface area contributed by atoms with Crippen molar-refractivity contribution in [1.82, 2.24) is 4.57 Å². The summed E-state index contributed by atoms with van der Waals surface area (Å²) in [5, 5.41) is 1.83. The maximum atomic E-state index is 14.1. The van der Waals surface area contributed by atoms with E-state index in [1.165, 1.54) is 11.3 Å². The maximum Gasteiger partial charge on any atom is 0.338 e. The molecule has 1 atom stereocenters. The summed E-state index contributed by atoms with van der Waals surface area (Å²) < 4.78 is 24.0. The fraction of sp³-hybridized carbons (Fsp3) is 0.233. The van der Waals surface area contributed by atoms with Crippen LogP contribution in [0.4, 0.5) is 0 Å². The van der Waals surface area contributed by atoms with Gasteiger partial charge >= 0.3 is 5.97 Å². The van der Waals surface area contributed by atoms with E-state index in [-0.39, 0.29) is 12.2 Å². The molecule has 8 nitrogen and oxygen atoms in total. The second kappa shape index (κ2) is 10.8. The van der Waals surface area contributed by atoms with Gasteiger partial charge in [-0.25, -0.2) is 9.79 Å². The number of nitrogens with zero attached hydrogens (tertiary/aromatic N) is 2. The molecular formula is C30H28N2O6S. The van der Waals surface area contributed by atoms with E-state index in [0.29, 0.717) is 43.4 Å². The van der Waals surface area contributed by atoms with Crippen LogP contribution >= 0.6 is 11.3 Å². The topological polar surface area (TPSA) is 88.4 Å². The summed E-state index contributed by atoms with van der Waals surface area (Å²) in [7, 11) is 4.71. The van der Waals surface area contributed by atoms with Crippen molar-refractivity contribution < 1.29 is 23.7 Å². The minimum atomic E-state index is -0.797. The monoisotopic (exact) mass is 544 g/mol. The van der Waals surface area contributed by atoms with Crippen molar-refractivity contribution in [2.75, 3.05) is 27.9 Å². The number of rotatable bonds is 7. The van der Waals surface area contributed by atoms with Crippen molar-refractivity contribution in [3.63, 3.8) is 0 Å². The van der Waals surface area contributed by atoms with Crippen LogP contribution < -0.4 is 29.1 Å². The van der Waals surface area contributed by atoms with Gasteiger partial charge in [-0.05, 0) is 54.5 Å². The van der Waals surface area contributed by atoms with Gasteiger partial charge in [0.05, 0.1) is 43.7 Å². The van der Waals surface area contributed by atoms with Gasteiger partial charge < -0.3 is 18.9 Å². The van der Waals surface area contributed by atoms with Crippen LogP contribution in [-0.2, 0) is 9.53 Å². The van der Waals surface area contributed by atoms with Gasteiger partial charge in [0.15, 0.2) is 16.3 Å². The molecule has 0 bridgehead atoms. The Morgan fingerprint density at radius 2 is 1.72 bits per heavy atom. The fourth-order valence-corrected chi connectivity index (χ4v) is 5.94. The number of hydrogen-bond donors (Lipinski definition) is 0. The Hall–Kier alpha value is -4.37. The lowest BCUT2D eigenvalue weighted by molar-refractivity contribution is -0.139. The van der Waals surface area contributed by atoms with Gasteiger partial charge in [-0.2, -0.15) is 0 Å². The molecule has 3 aromatic carbocycles. The number of allylic oxidation sites excluding steroid dienone is 1. The molecule has 1 aliphatic heterocycles. The Labute approximate surface area is 229 Å². The molecule has 0 spiro atoms. The molecule has 0 unspecified atom stereocenters. The molecule has 2 heterocycles. The third kappa shape index (κ3) is 4.59. The highest BCUT2D eigenvalue weighted by molar-refractivity contribution is 7.07. The van der Waals surface area contributed by atoms with Gasteiger partial charge in [0.1, 0.15) is 11.8 Å². The van der Waals surface area contributed by atoms with Crippen LogP contribution in [0.25, 0.3) is 16.8 Å². The Balaban J connectivity index is 1.81. The average molecular weight is 545 g/mol. The first-order chi connectivity index (χ1) is 18.9. The van der Waals surface area contributed by atoms with Crippen molar-refractivity contribution in [1.29, 1.82) is 0 Å². The van der Waals surface area contributed by atoms with Crippen molar-refractivity contribution in [3.05, 3.63) is 96.7 Å². The van der Waals surface area contributed by atoms with Crippen molar-refractivity contribution in [2.45, 2.75) is 19.9 Å². The van der Waals surface area contributed by atoms with Crippen LogP contribution in [0.15, 0.2) is 75.7 Å². The number of fused-ring (bicyclic) bond motifs is 2. The zero-order valence-corrected chi connectivity index (χ0v) is 23.1. The number of esters is 1. The lowest BCUT2D eigenvalue weighted by Crippen LogP contribution is -2.40. The number of carbonyl (C=O) groups is 1. The molecule has 5 rings (SSSR count). The number of aromatic nitrogens is 1. The summed E-state index contributed by atoms with van der Waals surface area (Å²) in [6.07, 6.45) is 1.78. The van der Waals surface area contributed by atoms with E-state index >= 15 is 0 Å². The van der Waals surface area contributed by atoms with E-state index in [2.05, 4.69) is 4.99 Å². The van der Waals surface area contributed by atoms with Crippen LogP contribution in [-0.4, -0.2) is 38.5 Å². The van der Waals surface area contributed by atoms with Gasteiger partial charge in [0.2, 0.25) is 0 Å². The molecule has 0 fully saturated rings. The van der Waals surface area contributed by atoms with Gasteiger partial charge in [-0.15, -0.1) is 0 Å². The molecule has 200 valence electrons. The molecular weight excluding hydrogens is 516 g/mol. The third-order valence-electron chi connectivity index (χ3n) is 6.65. The first kappa shape index (κ1) is 26.2. The number of methoxy groups -OCH3 is 3. The molecule has 0 saturated carbocycles. The zero-order chi connectivity index (χ0) is 27.7. The van der Waals surface area contributed by atoms with Crippen molar-refractivity contribution in [3.8, 4) is 17.2 Å². The number of carbonyl (C=O) groups excluding carboxylic acids is 1. The van der Waals surface area contributed by atoms with E-state index < -0.39 is 12.0 Å². The van der Waals surface area contributed by atoms with E-state index in [1.54, 1.807) is 58.0 Å². The summed E-state index contributed by atoms with van der Waals surface area (Å²) in [5.41, 5.74) is 1.98. The Kier molecular flexibility index (Phi) is 7.26. The smallest absolute Gasteiger partial charge is 0.338 e. The first-order valence-electron chi connectivity index (χ1n) is 12.4. The molecule has 0 N–H and O–H groups in total. The van der Waals surface area contributed by atoms with Gasteiger partial charge in [-0.1, -0.05) is 47.7 Å². The summed E-state index contributed by atoms with van der Waals surface area (Å²) >= 11 is 1.26. The highest BCUT2D eigenvalue weighted by atomic mass is 32.1. The minimum absolute atomic E-state index is 0.193. The molecule has 1 aliphatic rings. The second-order valence-corrected chi connectivity index (χ2v) is 9.83. The van der Waals surface area contributed by atoms with Crippen LogP contribution in [0.5, 0.6) is 17.2 Å². The van der Waals surface area contributed by atoms with Crippen molar-refractivity contribution in [2.24, 2.45) is 4.99 Å². The second-order valence-electron chi connectivity index (χ2n) is 8.82. The molecule has 4 aromatic rings. The van der Waals surface area contributed by atoms with Crippen LogP contribution in [0.1, 0.15) is 31.0 Å². The van der Waals surface area contributed by atoms with Crippen LogP contribution in [0.3, 0.4) is 0 Å². The number of ether oxygens (including phenoxy) is 4. The van der Waals surface area contributed by atoms with Crippen LogP contribution in [0, 0.1) is 0 Å². The highest BCUT2D eigenvalue weighted by Crippen LogP contribution is 2.40. The Morgan fingerprint density at radius 1 is 1.00 bits per heavy atom. The van der Waals surface area contributed by atoms with Gasteiger partial charge in [0.25, 0.3) is 5.56 Å². The average Bonchev–Trinajstić information content (AvgIpc) is 3.25. The quantitative estimate of drug-likeness (QED) is 0.327.